The van der Waals surface area contributed by atoms with Crippen LogP contribution < -0.4 is 10.6 Å². The molecule has 1 fully saturated rings. The third-order valence-electron chi connectivity index (χ3n) is 5.24. The Morgan fingerprint density at radius 1 is 0.968 bits per heavy atom. The summed E-state index contributed by atoms with van der Waals surface area (Å²) in [7, 11) is 1.81. The van der Waals surface area contributed by atoms with Crippen molar-refractivity contribution >= 4 is 29.9 Å². The van der Waals surface area contributed by atoms with Crippen molar-refractivity contribution in [1.82, 2.24) is 15.5 Å². The zero-order chi connectivity index (χ0) is 21.0. The van der Waals surface area contributed by atoms with Crippen molar-refractivity contribution in [2.75, 3.05) is 40.0 Å². The second kappa shape index (κ2) is 14.4. The normalized spacial score (nSPS) is 14.7. The van der Waals surface area contributed by atoms with Gasteiger partial charge in [0.15, 0.2) is 5.96 Å². The van der Waals surface area contributed by atoms with Gasteiger partial charge in [0, 0.05) is 46.4 Å². The van der Waals surface area contributed by atoms with E-state index < -0.39 is 0 Å². The number of guanidine groups is 1. The molecule has 1 heterocycles. The number of morpholine rings is 1. The third-order valence-corrected chi connectivity index (χ3v) is 5.24. The quantitative estimate of drug-likeness (QED) is 0.291. The Hall–Kier alpha value is -1.68. The van der Waals surface area contributed by atoms with E-state index in [9.17, 15) is 0 Å². The monoisotopic (exact) mass is 538 g/mol. The van der Waals surface area contributed by atoms with Gasteiger partial charge in [0.05, 0.1) is 19.8 Å². The molecule has 2 N–H and O–H groups in total. The molecule has 2 aromatic rings. The first-order chi connectivity index (χ1) is 14.8. The van der Waals surface area contributed by atoms with Crippen LogP contribution in [0.1, 0.15) is 29.2 Å². The van der Waals surface area contributed by atoms with E-state index in [1.807, 2.05) is 6.92 Å². The fourth-order valence-corrected chi connectivity index (χ4v) is 3.44. The smallest absolute Gasteiger partial charge is 0.191 e. The predicted octanol–water partition coefficient (Wildman–Crippen LogP) is 3.54. The molecule has 0 aromatic heterocycles. The molecule has 0 amide bonds. The summed E-state index contributed by atoms with van der Waals surface area (Å²) in [4.78, 5) is 6.82. The van der Waals surface area contributed by atoms with Gasteiger partial charge in [-0.2, -0.15) is 0 Å². The maximum atomic E-state index is 5.46. The maximum absolute atomic E-state index is 5.46. The number of aliphatic imine (C=N–C) groups is 1. The molecular weight excluding hydrogens is 503 g/mol. The fourth-order valence-electron chi connectivity index (χ4n) is 3.44. The predicted molar refractivity (Wildman–Crippen MR) is 137 cm³/mol. The standard InChI is InChI=1S/C24H34N4O2.HI/c1-3-29-19-21-10-8-20(9-11-21)16-26-24(25-2)27-17-22-6-4-5-7-23(22)18-28-12-14-30-15-13-28;/h4-11H,3,12-19H2,1-2H3,(H2,25,26,27);1H. The van der Waals surface area contributed by atoms with Gasteiger partial charge in [-0.3, -0.25) is 9.89 Å². The maximum Gasteiger partial charge on any atom is 0.191 e. The van der Waals surface area contributed by atoms with E-state index in [2.05, 4.69) is 69.1 Å². The van der Waals surface area contributed by atoms with Gasteiger partial charge in [0.1, 0.15) is 0 Å². The first-order valence-corrected chi connectivity index (χ1v) is 10.8. The van der Waals surface area contributed by atoms with Crippen molar-refractivity contribution in [1.29, 1.82) is 0 Å². The van der Waals surface area contributed by atoms with Gasteiger partial charge in [0.2, 0.25) is 0 Å². The molecule has 1 aliphatic rings. The van der Waals surface area contributed by atoms with Gasteiger partial charge < -0.3 is 20.1 Å². The van der Waals surface area contributed by atoms with Gasteiger partial charge >= 0.3 is 0 Å². The first-order valence-electron chi connectivity index (χ1n) is 10.8. The van der Waals surface area contributed by atoms with Gasteiger partial charge in [-0.15, -0.1) is 24.0 Å². The Morgan fingerprint density at radius 2 is 1.61 bits per heavy atom. The van der Waals surface area contributed by atoms with Crippen molar-refractivity contribution in [3.8, 4) is 0 Å². The molecule has 0 aliphatic carbocycles. The number of nitrogens with one attached hydrogen (secondary N) is 2. The zero-order valence-corrected chi connectivity index (χ0v) is 20.9. The highest BCUT2D eigenvalue weighted by molar-refractivity contribution is 14.0. The highest BCUT2D eigenvalue weighted by Gasteiger charge is 2.12. The summed E-state index contributed by atoms with van der Waals surface area (Å²) < 4.78 is 10.9. The van der Waals surface area contributed by atoms with Crippen LogP contribution in [0.4, 0.5) is 0 Å². The molecule has 3 rings (SSSR count). The van der Waals surface area contributed by atoms with E-state index in [-0.39, 0.29) is 24.0 Å². The molecule has 6 nitrogen and oxygen atoms in total. The fraction of sp³-hybridized carbons (Fsp3) is 0.458. The second-order valence-electron chi connectivity index (χ2n) is 7.39. The summed E-state index contributed by atoms with van der Waals surface area (Å²) in [6.45, 7) is 9.48. The number of rotatable bonds is 9. The van der Waals surface area contributed by atoms with E-state index in [4.69, 9.17) is 9.47 Å². The Labute approximate surface area is 203 Å². The highest BCUT2D eigenvalue weighted by atomic mass is 127. The lowest BCUT2D eigenvalue weighted by molar-refractivity contribution is 0.0341. The topological polar surface area (TPSA) is 58.1 Å². The number of hydrogen-bond acceptors (Lipinski definition) is 4. The molecule has 7 heteroatoms. The Balaban J connectivity index is 0.00000341. The SMILES string of the molecule is CCOCc1ccc(CNC(=NC)NCc2ccccc2CN2CCOCC2)cc1.I. The van der Waals surface area contributed by atoms with Crippen LogP contribution in [0.3, 0.4) is 0 Å². The molecule has 31 heavy (non-hydrogen) atoms. The third kappa shape index (κ3) is 8.76. The van der Waals surface area contributed by atoms with Crippen molar-refractivity contribution in [2.24, 2.45) is 4.99 Å². The summed E-state index contributed by atoms with van der Waals surface area (Å²) in [6.07, 6.45) is 0. The minimum Gasteiger partial charge on any atom is -0.379 e. The minimum absolute atomic E-state index is 0. The molecule has 0 radical (unpaired) electrons. The van der Waals surface area contributed by atoms with Crippen LogP contribution in [0.5, 0.6) is 0 Å². The molecule has 1 aliphatic heterocycles. The number of halogens is 1. The van der Waals surface area contributed by atoms with Crippen LogP contribution in [0.15, 0.2) is 53.5 Å². The summed E-state index contributed by atoms with van der Waals surface area (Å²) in [6, 6.07) is 17.1. The largest absolute Gasteiger partial charge is 0.379 e. The lowest BCUT2D eigenvalue weighted by atomic mass is 10.1. The van der Waals surface area contributed by atoms with Gasteiger partial charge in [0.25, 0.3) is 0 Å². The highest BCUT2D eigenvalue weighted by Crippen LogP contribution is 2.13. The molecule has 1 saturated heterocycles. The summed E-state index contributed by atoms with van der Waals surface area (Å²) in [5, 5.41) is 6.85. The Kier molecular flexibility index (Phi) is 11.9. The molecule has 170 valence electrons. The van der Waals surface area contributed by atoms with E-state index in [0.29, 0.717) is 6.61 Å². The zero-order valence-electron chi connectivity index (χ0n) is 18.6. The van der Waals surface area contributed by atoms with Crippen LogP contribution in [0.25, 0.3) is 0 Å². The lowest BCUT2D eigenvalue weighted by Gasteiger charge is -2.27. The number of hydrogen-bond donors (Lipinski definition) is 2. The minimum atomic E-state index is 0. The van der Waals surface area contributed by atoms with Crippen LogP contribution in [-0.4, -0.2) is 50.8 Å². The summed E-state index contributed by atoms with van der Waals surface area (Å²) >= 11 is 0. The molecule has 0 bridgehead atoms. The lowest BCUT2D eigenvalue weighted by Crippen LogP contribution is -2.37. The molecule has 0 saturated carbocycles. The van der Waals surface area contributed by atoms with Crippen molar-refractivity contribution in [2.45, 2.75) is 33.2 Å². The molecule has 2 aromatic carbocycles. The molecular formula is C24H35IN4O2. The van der Waals surface area contributed by atoms with E-state index in [0.717, 1.165) is 58.5 Å². The van der Waals surface area contributed by atoms with Crippen molar-refractivity contribution in [3.05, 3.63) is 70.8 Å². The second-order valence-corrected chi connectivity index (χ2v) is 7.39. The van der Waals surface area contributed by atoms with Crippen LogP contribution >= 0.6 is 24.0 Å². The molecule has 0 unspecified atom stereocenters. The van der Waals surface area contributed by atoms with E-state index in [1.54, 1.807) is 7.05 Å². The van der Waals surface area contributed by atoms with Gasteiger partial charge in [-0.05, 0) is 29.2 Å². The molecule has 0 spiro atoms. The van der Waals surface area contributed by atoms with Crippen molar-refractivity contribution in [3.63, 3.8) is 0 Å². The molecule has 0 atom stereocenters. The van der Waals surface area contributed by atoms with Crippen LogP contribution in [-0.2, 0) is 35.7 Å². The average Bonchev–Trinajstić information content (AvgIpc) is 2.80. The summed E-state index contributed by atoms with van der Waals surface area (Å²) in [5.41, 5.74) is 5.06. The van der Waals surface area contributed by atoms with Crippen LogP contribution in [0, 0.1) is 0 Å². The van der Waals surface area contributed by atoms with Crippen molar-refractivity contribution < 1.29 is 9.47 Å². The van der Waals surface area contributed by atoms with Crippen LogP contribution in [0.2, 0.25) is 0 Å². The Bertz CT molecular complexity index is 792. The number of benzene rings is 2. The van der Waals surface area contributed by atoms with Gasteiger partial charge in [-0.1, -0.05) is 48.5 Å². The van der Waals surface area contributed by atoms with E-state index >= 15 is 0 Å². The average molecular weight is 538 g/mol. The number of nitrogens with zero attached hydrogens (tertiary/aromatic N) is 2. The van der Waals surface area contributed by atoms with Gasteiger partial charge in [-0.25, -0.2) is 0 Å². The number of ether oxygens (including phenoxy) is 2. The first kappa shape index (κ1) is 25.6. The Morgan fingerprint density at radius 3 is 2.29 bits per heavy atom. The summed E-state index contributed by atoms with van der Waals surface area (Å²) in [5.74, 6) is 0.801. The van der Waals surface area contributed by atoms with E-state index in [1.165, 1.54) is 22.3 Å².